The number of likely N-dealkylation sites (tertiary alicyclic amines) is 2. The number of benzene rings is 2. The monoisotopic (exact) mass is 551 g/mol. The number of rotatable bonds is 5. The molecular formula is C30H35Cl2N5O. The molecule has 0 spiro atoms. The summed E-state index contributed by atoms with van der Waals surface area (Å²) in [5, 5.41) is 1.29. The molecule has 38 heavy (non-hydrogen) atoms. The van der Waals surface area contributed by atoms with Crippen molar-refractivity contribution in [1.82, 2.24) is 19.8 Å². The molecule has 0 radical (unpaired) electrons. The maximum Gasteiger partial charge on any atom is 0.257 e. The van der Waals surface area contributed by atoms with Gasteiger partial charge < -0.3 is 9.80 Å². The third-order valence-electron chi connectivity index (χ3n) is 8.32. The third-order valence-corrected chi connectivity index (χ3v) is 8.76. The first-order valence-corrected chi connectivity index (χ1v) is 14.1. The summed E-state index contributed by atoms with van der Waals surface area (Å²) in [5.74, 6) is 0.0556. The molecule has 200 valence electrons. The Bertz CT molecular complexity index is 1240. The summed E-state index contributed by atoms with van der Waals surface area (Å²) in [7, 11) is 0. The fourth-order valence-corrected chi connectivity index (χ4v) is 6.58. The number of amides is 1. The highest BCUT2D eigenvalue weighted by molar-refractivity contribution is 6.35. The maximum atomic E-state index is 13.3. The zero-order valence-electron chi connectivity index (χ0n) is 22.3. The number of halogens is 2. The van der Waals surface area contributed by atoms with Crippen LogP contribution in [-0.2, 0) is 0 Å². The Morgan fingerprint density at radius 2 is 1.47 bits per heavy atom. The predicted molar refractivity (Wildman–Crippen MR) is 155 cm³/mol. The molecule has 8 heteroatoms. The van der Waals surface area contributed by atoms with E-state index in [1.54, 1.807) is 6.07 Å². The molecule has 1 amide bonds. The van der Waals surface area contributed by atoms with Gasteiger partial charge in [0.2, 0.25) is 0 Å². The molecule has 2 fully saturated rings. The van der Waals surface area contributed by atoms with E-state index in [1.807, 2.05) is 36.9 Å². The van der Waals surface area contributed by atoms with Gasteiger partial charge in [0.25, 0.3) is 5.91 Å². The molecule has 3 heterocycles. The lowest BCUT2D eigenvalue weighted by atomic mass is 9.85. The van der Waals surface area contributed by atoms with Crippen molar-refractivity contribution in [2.24, 2.45) is 0 Å². The minimum Gasteiger partial charge on any atom is -0.338 e. The largest absolute Gasteiger partial charge is 0.338 e. The smallest absolute Gasteiger partial charge is 0.257 e. The van der Waals surface area contributed by atoms with Gasteiger partial charge in [-0.15, -0.1) is 0 Å². The van der Waals surface area contributed by atoms with Crippen LogP contribution in [0.5, 0.6) is 0 Å². The van der Waals surface area contributed by atoms with Crippen molar-refractivity contribution in [2.45, 2.75) is 58.0 Å². The van der Waals surface area contributed by atoms with E-state index < -0.39 is 0 Å². The minimum atomic E-state index is 0.0556. The van der Waals surface area contributed by atoms with Crippen molar-refractivity contribution in [3.05, 3.63) is 81.9 Å². The summed E-state index contributed by atoms with van der Waals surface area (Å²) >= 11 is 12.8. The summed E-state index contributed by atoms with van der Waals surface area (Å²) in [5.41, 5.74) is 4.41. The fourth-order valence-electron chi connectivity index (χ4n) is 6.07. The molecule has 2 aliphatic heterocycles. The van der Waals surface area contributed by atoms with E-state index in [0.29, 0.717) is 21.7 Å². The van der Waals surface area contributed by atoms with E-state index in [1.165, 1.54) is 6.33 Å². The quantitative estimate of drug-likeness (QED) is 0.353. The second kappa shape index (κ2) is 11.2. The molecule has 2 saturated heterocycles. The molecule has 2 aromatic carbocycles. The molecule has 0 N–H and O–H groups in total. The number of aryl methyl sites for hydroxylation is 2. The van der Waals surface area contributed by atoms with Gasteiger partial charge in [0, 0.05) is 59.2 Å². The molecule has 3 aromatic rings. The van der Waals surface area contributed by atoms with Gasteiger partial charge in [0.05, 0.1) is 17.0 Å². The second-order valence-corrected chi connectivity index (χ2v) is 11.6. The van der Waals surface area contributed by atoms with E-state index in [4.69, 9.17) is 23.2 Å². The van der Waals surface area contributed by atoms with Gasteiger partial charge >= 0.3 is 0 Å². The van der Waals surface area contributed by atoms with Crippen molar-refractivity contribution in [1.29, 1.82) is 0 Å². The molecule has 0 atom stereocenters. The zero-order chi connectivity index (χ0) is 26.9. The number of anilines is 2. The van der Waals surface area contributed by atoms with Crippen molar-refractivity contribution in [2.75, 3.05) is 31.1 Å². The van der Waals surface area contributed by atoms with Crippen LogP contribution >= 0.6 is 23.2 Å². The van der Waals surface area contributed by atoms with Crippen LogP contribution in [0.1, 0.15) is 54.4 Å². The van der Waals surface area contributed by atoms with Gasteiger partial charge in [-0.05, 0) is 76.8 Å². The average molecular weight is 553 g/mol. The number of carbonyl (C=O) groups excluding carboxylic acids is 1. The second-order valence-electron chi connectivity index (χ2n) is 10.8. The number of hydrogen-bond acceptors (Lipinski definition) is 5. The first kappa shape index (κ1) is 26.9. The Morgan fingerprint density at radius 1 is 0.895 bits per heavy atom. The molecule has 1 aromatic heterocycles. The van der Waals surface area contributed by atoms with Gasteiger partial charge in [0.15, 0.2) is 0 Å². The first-order chi connectivity index (χ1) is 18.2. The Labute approximate surface area is 235 Å². The van der Waals surface area contributed by atoms with Gasteiger partial charge in [-0.3, -0.25) is 9.69 Å². The Balaban J connectivity index is 1.26. The average Bonchev–Trinajstić information content (AvgIpc) is 2.89. The number of nitrogens with zero attached hydrogens (tertiary/aromatic N) is 5. The van der Waals surface area contributed by atoms with Crippen LogP contribution in [0.3, 0.4) is 0 Å². The minimum absolute atomic E-state index is 0.0556. The SMILES string of the molecule is Cc1ncnc(C)c1C(=O)N1CCC(C)(N2CCC(N(c3ccccc3)c3cc(Cl)cc(Cl)c3)CC2)CC1. The molecule has 0 aliphatic carbocycles. The van der Waals surface area contributed by atoms with E-state index in [-0.39, 0.29) is 11.4 Å². The lowest BCUT2D eigenvalue weighted by Gasteiger charge is -2.50. The van der Waals surface area contributed by atoms with Crippen LogP contribution in [0.25, 0.3) is 0 Å². The van der Waals surface area contributed by atoms with Crippen molar-refractivity contribution < 1.29 is 4.79 Å². The van der Waals surface area contributed by atoms with E-state index in [0.717, 1.165) is 74.6 Å². The van der Waals surface area contributed by atoms with Crippen LogP contribution in [0, 0.1) is 13.8 Å². The number of piperidine rings is 2. The lowest BCUT2D eigenvalue weighted by Crippen LogP contribution is -2.58. The Hall–Kier alpha value is -2.67. The highest BCUT2D eigenvalue weighted by atomic mass is 35.5. The van der Waals surface area contributed by atoms with Crippen LogP contribution in [0.15, 0.2) is 54.9 Å². The summed E-state index contributed by atoms with van der Waals surface area (Å²) in [6, 6.07) is 16.6. The molecule has 5 rings (SSSR count). The fraction of sp³-hybridized carbons (Fsp3) is 0.433. The van der Waals surface area contributed by atoms with Crippen LogP contribution in [-0.4, -0.2) is 63.4 Å². The van der Waals surface area contributed by atoms with Gasteiger partial charge in [0.1, 0.15) is 6.33 Å². The third kappa shape index (κ3) is 5.54. The molecular weight excluding hydrogens is 517 g/mol. The highest BCUT2D eigenvalue weighted by Gasteiger charge is 2.40. The number of aromatic nitrogens is 2. The Morgan fingerprint density at radius 3 is 2.05 bits per heavy atom. The number of hydrogen-bond donors (Lipinski definition) is 0. The molecule has 6 nitrogen and oxygen atoms in total. The highest BCUT2D eigenvalue weighted by Crippen LogP contribution is 2.38. The van der Waals surface area contributed by atoms with Crippen LogP contribution in [0.2, 0.25) is 10.0 Å². The normalized spacial score (nSPS) is 18.4. The summed E-state index contributed by atoms with van der Waals surface area (Å²) in [4.78, 5) is 28.8. The van der Waals surface area contributed by atoms with Crippen molar-refractivity contribution in [3.8, 4) is 0 Å². The topological polar surface area (TPSA) is 52.6 Å². The standard InChI is InChI=1S/C30H35Cl2N5O/c1-21-28(22(2)34-20-33-21)29(38)35-15-11-30(3,12-16-35)36-13-9-26(10-14-36)37(25-7-5-4-6-8-25)27-18-23(31)17-24(32)19-27/h4-8,17-20,26H,9-16H2,1-3H3. The molecule has 0 unspecified atom stereocenters. The van der Waals surface area contributed by atoms with Gasteiger partial charge in [-0.25, -0.2) is 9.97 Å². The summed E-state index contributed by atoms with van der Waals surface area (Å²) in [6.07, 6.45) is 5.52. The van der Waals surface area contributed by atoms with Gasteiger partial charge in [-0.1, -0.05) is 41.4 Å². The van der Waals surface area contributed by atoms with Crippen molar-refractivity contribution in [3.63, 3.8) is 0 Å². The summed E-state index contributed by atoms with van der Waals surface area (Å²) in [6.45, 7) is 9.66. The Kier molecular flexibility index (Phi) is 7.94. The van der Waals surface area contributed by atoms with E-state index in [2.05, 4.69) is 51.0 Å². The first-order valence-electron chi connectivity index (χ1n) is 13.4. The maximum absolute atomic E-state index is 13.3. The predicted octanol–water partition coefficient (Wildman–Crippen LogP) is 6.70. The van der Waals surface area contributed by atoms with E-state index in [9.17, 15) is 4.79 Å². The molecule has 0 bridgehead atoms. The number of para-hydroxylation sites is 1. The summed E-state index contributed by atoms with van der Waals surface area (Å²) < 4.78 is 0. The molecule has 0 saturated carbocycles. The van der Waals surface area contributed by atoms with Crippen LogP contribution < -0.4 is 4.90 Å². The molecule has 2 aliphatic rings. The van der Waals surface area contributed by atoms with Crippen molar-refractivity contribution >= 4 is 40.5 Å². The van der Waals surface area contributed by atoms with Gasteiger partial charge in [-0.2, -0.15) is 0 Å². The lowest BCUT2D eigenvalue weighted by molar-refractivity contribution is 0.0176. The zero-order valence-corrected chi connectivity index (χ0v) is 23.8. The van der Waals surface area contributed by atoms with Crippen LogP contribution in [0.4, 0.5) is 11.4 Å². The van der Waals surface area contributed by atoms with E-state index >= 15 is 0 Å². The number of carbonyl (C=O) groups is 1.